The lowest BCUT2D eigenvalue weighted by atomic mass is 9.85. The maximum absolute atomic E-state index is 13.1. The molecule has 0 bridgehead atoms. The van der Waals surface area contributed by atoms with Gasteiger partial charge in [-0.3, -0.25) is 9.78 Å². The lowest BCUT2D eigenvalue weighted by Gasteiger charge is -2.18. The van der Waals surface area contributed by atoms with Crippen molar-refractivity contribution in [1.29, 1.82) is 0 Å². The molecule has 3 aromatic carbocycles. The molecule has 1 atom stereocenters. The van der Waals surface area contributed by atoms with Gasteiger partial charge in [0.15, 0.2) is 5.78 Å². The van der Waals surface area contributed by atoms with Crippen LogP contribution in [0.25, 0.3) is 11.1 Å². The number of aromatic carboxylic acids is 1. The van der Waals surface area contributed by atoms with E-state index >= 15 is 0 Å². The molecule has 0 amide bonds. The monoisotopic (exact) mass is 435 g/mol. The second kappa shape index (κ2) is 9.61. The fourth-order valence-corrected chi connectivity index (χ4v) is 3.96. The summed E-state index contributed by atoms with van der Waals surface area (Å²) in [6, 6.07) is 26.9. The number of carboxylic acid groups (broad SMARTS) is 1. The zero-order valence-electron chi connectivity index (χ0n) is 18.7. The number of nitrogens with zero attached hydrogens (tertiary/aromatic N) is 1. The molecule has 0 saturated heterocycles. The van der Waals surface area contributed by atoms with Crippen LogP contribution in [-0.4, -0.2) is 21.8 Å². The standard InChI is InChI=1S/C29H25NO3/c1-19-3-5-23(6-4-19)27(18-28(31)26-15-16-30-20(2)17-26)24-11-7-21(8-12-24)22-9-13-25(14-10-22)29(32)33/h3-17,27H,18H2,1-2H3,(H,32,33)/t27-/m0/s1. The highest BCUT2D eigenvalue weighted by Crippen LogP contribution is 2.31. The number of ketones is 1. The summed E-state index contributed by atoms with van der Waals surface area (Å²) in [6.45, 7) is 3.93. The predicted molar refractivity (Wildman–Crippen MR) is 130 cm³/mol. The molecular weight excluding hydrogens is 410 g/mol. The van der Waals surface area contributed by atoms with Crippen molar-refractivity contribution >= 4 is 11.8 Å². The van der Waals surface area contributed by atoms with E-state index in [0.717, 1.165) is 27.9 Å². The molecule has 0 aliphatic rings. The Bertz CT molecular complexity index is 1270. The quantitative estimate of drug-likeness (QED) is 0.338. The molecule has 0 spiro atoms. The Morgan fingerprint density at radius 3 is 1.85 bits per heavy atom. The molecule has 1 aromatic heterocycles. The SMILES string of the molecule is Cc1ccc([C@H](CC(=O)c2ccnc(C)c2)c2ccc(-c3ccc(C(=O)O)cc3)cc2)cc1. The van der Waals surface area contributed by atoms with Crippen molar-refractivity contribution in [3.8, 4) is 11.1 Å². The van der Waals surface area contributed by atoms with Gasteiger partial charge in [0.25, 0.3) is 0 Å². The lowest BCUT2D eigenvalue weighted by molar-refractivity contribution is 0.0696. The van der Waals surface area contributed by atoms with Crippen molar-refractivity contribution in [3.63, 3.8) is 0 Å². The molecule has 1 N–H and O–H groups in total. The topological polar surface area (TPSA) is 67.3 Å². The van der Waals surface area contributed by atoms with Crippen molar-refractivity contribution < 1.29 is 14.7 Å². The molecule has 164 valence electrons. The number of rotatable bonds is 7. The minimum atomic E-state index is -0.938. The maximum atomic E-state index is 13.1. The van der Waals surface area contributed by atoms with Crippen LogP contribution < -0.4 is 0 Å². The van der Waals surface area contributed by atoms with E-state index in [1.807, 2.05) is 44.2 Å². The van der Waals surface area contributed by atoms with Crippen LogP contribution in [0.2, 0.25) is 0 Å². The summed E-state index contributed by atoms with van der Waals surface area (Å²) in [5, 5.41) is 9.11. The zero-order chi connectivity index (χ0) is 23.4. The zero-order valence-corrected chi connectivity index (χ0v) is 18.7. The minimum Gasteiger partial charge on any atom is -0.478 e. The summed E-state index contributed by atoms with van der Waals surface area (Å²) in [6.07, 6.45) is 2.03. The Balaban J connectivity index is 1.64. The van der Waals surface area contributed by atoms with Crippen molar-refractivity contribution in [2.24, 2.45) is 0 Å². The van der Waals surface area contributed by atoms with E-state index in [9.17, 15) is 9.59 Å². The summed E-state index contributed by atoms with van der Waals surface area (Å²) in [5.74, 6) is -0.929. The predicted octanol–water partition coefficient (Wildman–Crippen LogP) is 6.47. The molecule has 4 rings (SSSR count). The Morgan fingerprint density at radius 2 is 1.30 bits per heavy atom. The third-order valence-corrected chi connectivity index (χ3v) is 5.87. The van der Waals surface area contributed by atoms with Crippen molar-refractivity contribution in [2.45, 2.75) is 26.2 Å². The van der Waals surface area contributed by atoms with Gasteiger partial charge in [-0.05, 0) is 60.4 Å². The van der Waals surface area contributed by atoms with Crippen LogP contribution in [0.1, 0.15) is 55.4 Å². The first-order chi connectivity index (χ1) is 15.9. The van der Waals surface area contributed by atoms with E-state index in [1.165, 1.54) is 5.56 Å². The molecule has 1 heterocycles. The number of Topliss-reactive ketones (excluding diaryl/α,β-unsaturated/α-hetero) is 1. The van der Waals surface area contributed by atoms with Crippen LogP contribution in [0.4, 0.5) is 0 Å². The number of carboxylic acids is 1. The van der Waals surface area contributed by atoms with Crippen molar-refractivity contribution in [3.05, 3.63) is 125 Å². The summed E-state index contributed by atoms with van der Waals surface area (Å²) < 4.78 is 0. The number of hydrogen-bond acceptors (Lipinski definition) is 3. The van der Waals surface area contributed by atoms with Crippen LogP contribution in [0.5, 0.6) is 0 Å². The lowest BCUT2D eigenvalue weighted by Crippen LogP contribution is -2.10. The van der Waals surface area contributed by atoms with Gasteiger partial charge in [-0.1, -0.05) is 66.2 Å². The van der Waals surface area contributed by atoms with Gasteiger partial charge in [-0.2, -0.15) is 0 Å². The summed E-state index contributed by atoms with van der Waals surface area (Å²) in [5.41, 5.74) is 7.03. The normalized spacial score (nSPS) is 11.7. The van der Waals surface area contributed by atoms with Crippen LogP contribution >= 0.6 is 0 Å². The molecule has 0 aliphatic carbocycles. The van der Waals surface area contributed by atoms with Crippen LogP contribution in [-0.2, 0) is 0 Å². The van der Waals surface area contributed by atoms with E-state index in [4.69, 9.17) is 5.11 Å². The van der Waals surface area contributed by atoms with E-state index in [2.05, 4.69) is 41.4 Å². The second-order valence-corrected chi connectivity index (χ2v) is 8.28. The number of hydrogen-bond donors (Lipinski definition) is 1. The first kappa shape index (κ1) is 22.2. The third-order valence-electron chi connectivity index (χ3n) is 5.87. The van der Waals surface area contributed by atoms with Crippen LogP contribution in [0.15, 0.2) is 91.1 Å². The Kier molecular flexibility index (Phi) is 6.45. The number of carbonyl (C=O) groups is 2. The van der Waals surface area contributed by atoms with Crippen molar-refractivity contribution in [2.75, 3.05) is 0 Å². The number of carbonyl (C=O) groups excluding carboxylic acids is 1. The van der Waals surface area contributed by atoms with E-state index < -0.39 is 5.97 Å². The summed E-state index contributed by atoms with van der Waals surface area (Å²) in [4.78, 5) is 28.4. The molecular formula is C29H25NO3. The fraction of sp³-hybridized carbons (Fsp3) is 0.138. The Morgan fingerprint density at radius 1 is 0.758 bits per heavy atom. The van der Waals surface area contributed by atoms with E-state index in [1.54, 1.807) is 24.4 Å². The van der Waals surface area contributed by atoms with Crippen LogP contribution in [0, 0.1) is 13.8 Å². The first-order valence-electron chi connectivity index (χ1n) is 10.9. The molecule has 33 heavy (non-hydrogen) atoms. The molecule has 0 saturated carbocycles. The number of aromatic nitrogens is 1. The van der Waals surface area contributed by atoms with Crippen LogP contribution in [0.3, 0.4) is 0 Å². The van der Waals surface area contributed by atoms with E-state index in [-0.39, 0.29) is 17.3 Å². The van der Waals surface area contributed by atoms with Gasteiger partial charge < -0.3 is 5.11 Å². The van der Waals surface area contributed by atoms with Crippen molar-refractivity contribution in [1.82, 2.24) is 4.98 Å². The molecule has 4 aromatic rings. The second-order valence-electron chi connectivity index (χ2n) is 8.28. The molecule has 4 nitrogen and oxygen atoms in total. The van der Waals surface area contributed by atoms with E-state index in [0.29, 0.717) is 12.0 Å². The fourth-order valence-electron chi connectivity index (χ4n) is 3.96. The molecule has 0 radical (unpaired) electrons. The largest absolute Gasteiger partial charge is 0.478 e. The van der Waals surface area contributed by atoms with Gasteiger partial charge in [-0.25, -0.2) is 4.79 Å². The van der Waals surface area contributed by atoms with Gasteiger partial charge in [0.05, 0.1) is 5.56 Å². The van der Waals surface area contributed by atoms with Gasteiger partial charge in [0.1, 0.15) is 0 Å². The number of pyridine rings is 1. The highest BCUT2D eigenvalue weighted by Gasteiger charge is 2.20. The highest BCUT2D eigenvalue weighted by atomic mass is 16.4. The summed E-state index contributed by atoms with van der Waals surface area (Å²) in [7, 11) is 0. The third kappa shape index (κ3) is 5.24. The molecule has 4 heteroatoms. The van der Waals surface area contributed by atoms with Gasteiger partial charge in [-0.15, -0.1) is 0 Å². The number of benzene rings is 3. The molecule has 0 unspecified atom stereocenters. The molecule has 0 aliphatic heterocycles. The van der Waals surface area contributed by atoms with Gasteiger partial charge in [0, 0.05) is 29.8 Å². The number of aryl methyl sites for hydroxylation is 2. The first-order valence-corrected chi connectivity index (χ1v) is 10.9. The average molecular weight is 436 g/mol. The minimum absolute atomic E-state index is 0.0741. The maximum Gasteiger partial charge on any atom is 0.335 e. The highest BCUT2D eigenvalue weighted by molar-refractivity contribution is 5.96. The van der Waals surface area contributed by atoms with Gasteiger partial charge >= 0.3 is 5.97 Å². The Labute approximate surface area is 193 Å². The van der Waals surface area contributed by atoms with Gasteiger partial charge in [0.2, 0.25) is 0 Å². The summed E-state index contributed by atoms with van der Waals surface area (Å²) >= 11 is 0. The molecule has 0 fully saturated rings. The average Bonchev–Trinajstić information content (AvgIpc) is 2.83. The Hall–Kier alpha value is -4.05. The smallest absolute Gasteiger partial charge is 0.335 e.